The number of benzene rings is 2. The molecule has 7 heteroatoms. The van der Waals surface area contributed by atoms with Crippen LogP contribution in [-0.2, 0) is 0 Å². The van der Waals surface area contributed by atoms with Crippen LogP contribution >= 0.6 is 11.3 Å². The van der Waals surface area contributed by atoms with Crippen molar-refractivity contribution in [2.45, 2.75) is 0 Å². The van der Waals surface area contributed by atoms with Gasteiger partial charge in [-0.2, -0.15) is 0 Å². The fourth-order valence-corrected chi connectivity index (χ4v) is 3.50. The van der Waals surface area contributed by atoms with Crippen LogP contribution in [0.15, 0.2) is 72.1 Å². The second kappa shape index (κ2) is 6.97. The van der Waals surface area contributed by atoms with Crippen molar-refractivity contribution in [1.82, 2.24) is 4.98 Å². The van der Waals surface area contributed by atoms with E-state index in [0.717, 1.165) is 10.3 Å². The lowest BCUT2D eigenvalue weighted by atomic mass is 10.1. The number of nitrogens with one attached hydrogen (secondary N) is 1. The van der Waals surface area contributed by atoms with Crippen LogP contribution in [0.2, 0.25) is 0 Å². The van der Waals surface area contributed by atoms with Gasteiger partial charge in [-0.25, -0.2) is 4.98 Å². The molecule has 1 amide bonds. The van der Waals surface area contributed by atoms with Crippen LogP contribution in [-0.4, -0.2) is 15.8 Å². The van der Waals surface area contributed by atoms with E-state index in [0.29, 0.717) is 22.5 Å². The van der Waals surface area contributed by atoms with Crippen LogP contribution in [0.5, 0.6) is 0 Å². The molecule has 1 N–H and O–H groups in total. The van der Waals surface area contributed by atoms with Gasteiger partial charge in [-0.05, 0) is 29.6 Å². The number of nitro benzene ring substituents is 1. The normalized spacial score (nSPS) is 10.7. The van der Waals surface area contributed by atoms with E-state index in [1.54, 1.807) is 23.5 Å². The highest BCUT2D eigenvalue weighted by Gasteiger charge is 2.15. The summed E-state index contributed by atoms with van der Waals surface area (Å²) in [5, 5.41) is 16.4. The molecule has 4 rings (SSSR count). The highest BCUT2D eigenvalue weighted by Crippen LogP contribution is 2.28. The first kappa shape index (κ1) is 16.9. The molecule has 0 fully saturated rings. The Hall–Kier alpha value is -3.58. The molecule has 0 aliphatic carbocycles. The second-order valence-electron chi connectivity index (χ2n) is 5.81. The summed E-state index contributed by atoms with van der Waals surface area (Å²) in [7, 11) is 0. The molecule has 0 bridgehead atoms. The predicted octanol–water partition coefficient (Wildman–Crippen LogP) is 5.12. The summed E-state index contributed by atoms with van der Waals surface area (Å²) < 4.78 is 0. The molecule has 0 aliphatic heterocycles. The van der Waals surface area contributed by atoms with Gasteiger partial charge in [0, 0.05) is 23.2 Å². The number of rotatable bonds is 4. The lowest BCUT2D eigenvalue weighted by Gasteiger charge is -2.10. The SMILES string of the molecule is O=C(Nc1cccc([N+](=O)[O-])c1)c1cc(-c2cccs2)nc2ccccc12. The molecular weight excluding hydrogens is 362 g/mol. The standard InChI is InChI=1S/C20H13N3O3S/c24-20(21-13-5-3-6-14(11-13)23(25)26)16-12-18(19-9-4-10-27-19)22-17-8-2-1-7-15(16)17/h1-12H,(H,21,24). The van der Waals surface area contributed by atoms with Crippen LogP contribution in [0.4, 0.5) is 11.4 Å². The first-order valence-electron chi connectivity index (χ1n) is 8.11. The van der Waals surface area contributed by atoms with E-state index in [9.17, 15) is 14.9 Å². The number of pyridine rings is 1. The fourth-order valence-electron chi connectivity index (χ4n) is 2.81. The minimum atomic E-state index is -0.494. The Kier molecular flexibility index (Phi) is 4.35. The van der Waals surface area contributed by atoms with Crippen molar-refractivity contribution >= 4 is 39.5 Å². The van der Waals surface area contributed by atoms with Crippen LogP contribution < -0.4 is 5.32 Å². The number of aromatic nitrogens is 1. The summed E-state index contributed by atoms with van der Waals surface area (Å²) in [6.45, 7) is 0. The van der Waals surface area contributed by atoms with Crippen LogP contribution in [0.1, 0.15) is 10.4 Å². The molecule has 0 spiro atoms. The number of amides is 1. The Morgan fingerprint density at radius 2 is 1.89 bits per heavy atom. The van der Waals surface area contributed by atoms with E-state index in [1.807, 2.05) is 41.8 Å². The maximum Gasteiger partial charge on any atom is 0.271 e. The number of hydrogen-bond acceptors (Lipinski definition) is 5. The molecule has 0 radical (unpaired) electrons. The van der Waals surface area contributed by atoms with Crippen LogP contribution in [0.3, 0.4) is 0 Å². The molecule has 0 saturated carbocycles. The van der Waals surface area contributed by atoms with E-state index < -0.39 is 4.92 Å². The van der Waals surface area contributed by atoms with Gasteiger partial charge < -0.3 is 5.32 Å². The summed E-state index contributed by atoms with van der Waals surface area (Å²) in [6.07, 6.45) is 0. The van der Waals surface area contributed by atoms with Crippen molar-refractivity contribution in [3.8, 4) is 10.6 Å². The minimum absolute atomic E-state index is 0.0772. The summed E-state index contributed by atoms with van der Waals surface area (Å²) in [4.78, 5) is 29.0. The van der Waals surface area contributed by atoms with E-state index in [1.165, 1.54) is 18.2 Å². The molecule has 0 atom stereocenters. The number of non-ortho nitro benzene ring substituents is 1. The Morgan fingerprint density at radius 3 is 2.67 bits per heavy atom. The molecular formula is C20H13N3O3S. The van der Waals surface area contributed by atoms with Crippen molar-refractivity contribution < 1.29 is 9.72 Å². The number of hydrogen-bond donors (Lipinski definition) is 1. The van der Waals surface area contributed by atoms with Gasteiger partial charge in [-0.15, -0.1) is 11.3 Å². The fraction of sp³-hybridized carbons (Fsp3) is 0. The van der Waals surface area contributed by atoms with E-state index in [2.05, 4.69) is 10.3 Å². The number of carbonyl (C=O) groups is 1. The average Bonchev–Trinajstić information content (AvgIpc) is 3.22. The number of carbonyl (C=O) groups excluding carboxylic acids is 1. The zero-order valence-electron chi connectivity index (χ0n) is 14.0. The Bertz CT molecular complexity index is 1160. The van der Waals surface area contributed by atoms with Gasteiger partial charge in [0.25, 0.3) is 11.6 Å². The van der Waals surface area contributed by atoms with Crippen molar-refractivity contribution in [3.63, 3.8) is 0 Å². The summed E-state index contributed by atoms with van der Waals surface area (Å²) in [6, 6.07) is 18.9. The third kappa shape index (κ3) is 3.40. The van der Waals surface area contributed by atoms with Gasteiger partial charge in [0.2, 0.25) is 0 Å². The summed E-state index contributed by atoms with van der Waals surface area (Å²) in [5.74, 6) is -0.341. The van der Waals surface area contributed by atoms with E-state index in [4.69, 9.17) is 0 Å². The molecule has 27 heavy (non-hydrogen) atoms. The summed E-state index contributed by atoms with van der Waals surface area (Å²) in [5.41, 5.74) is 2.19. The number of nitro groups is 1. The highest BCUT2D eigenvalue weighted by atomic mass is 32.1. The molecule has 2 heterocycles. The monoisotopic (exact) mass is 375 g/mol. The average molecular weight is 375 g/mol. The molecule has 0 aliphatic rings. The molecule has 0 saturated heterocycles. The number of anilines is 1. The summed E-state index contributed by atoms with van der Waals surface area (Å²) >= 11 is 1.54. The van der Waals surface area contributed by atoms with Gasteiger partial charge in [0.05, 0.1) is 26.6 Å². The Morgan fingerprint density at radius 1 is 1.04 bits per heavy atom. The van der Waals surface area contributed by atoms with Gasteiger partial charge in [0.1, 0.15) is 0 Å². The predicted molar refractivity (Wildman–Crippen MR) is 106 cm³/mol. The van der Waals surface area contributed by atoms with Gasteiger partial charge in [-0.3, -0.25) is 14.9 Å². The lowest BCUT2D eigenvalue weighted by molar-refractivity contribution is -0.384. The third-order valence-electron chi connectivity index (χ3n) is 4.05. The molecule has 132 valence electrons. The van der Waals surface area contributed by atoms with Crippen LogP contribution in [0.25, 0.3) is 21.5 Å². The van der Waals surface area contributed by atoms with Gasteiger partial charge in [-0.1, -0.05) is 30.3 Å². The molecule has 2 aromatic heterocycles. The molecule has 6 nitrogen and oxygen atoms in total. The first-order chi connectivity index (χ1) is 13.1. The minimum Gasteiger partial charge on any atom is -0.322 e. The van der Waals surface area contributed by atoms with E-state index in [-0.39, 0.29) is 11.6 Å². The molecule has 4 aromatic rings. The van der Waals surface area contributed by atoms with E-state index >= 15 is 0 Å². The third-order valence-corrected chi connectivity index (χ3v) is 4.94. The van der Waals surface area contributed by atoms with Crippen molar-refractivity contribution in [2.24, 2.45) is 0 Å². The largest absolute Gasteiger partial charge is 0.322 e. The smallest absolute Gasteiger partial charge is 0.271 e. The molecule has 2 aromatic carbocycles. The van der Waals surface area contributed by atoms with Crippen molar-refractivity contribution in [3.05, 3.63) is 87.8 Å². The van der Waals surface area contributed by atoms with Gasteiger partial charge >= 0.3 is 0 Å². The second-order valence-corrected chi connectivity index (χ2v) is 6.76. The highest BCUT2D eigenvalue weighted by molar-refractivity contribution is 7.13. The topological polar surface area (TPSA) is 85.1 Å². The maximum atomic E-state index is 12.9. The van der Waals surface area contributed by atoms with Crippen molar-refractivity contribution in [1.29, 1.82) is 0 Å². The lowest BCUT2D eigenvalue weighted by Crippen LogP contribution is -2.13. The quantitative estimate of drug-likeness (QED) is 0.396. The zero-order valence-corrected chi connectivity index (χ0v) is 14.8. The number of thiophene rings is 1. The first-order valence-corrected chi connectivity index (χ1v) is 8.99. The van der Waals surface area contributed by atoms with Crippen LogP contribution in [0, 0.1) is 10.1 Å². The molecule has 0 unspecified atom stereocenters. The number of nitrogens with zero attached hydrogens (tertiary/aromatic N) is 2. The Balaban J connectivity index is 1.77. The Labute approximate surface area is 158 Å². The number of para-hydroxylation sites is 1. The number of fused-ring (bicyclic) bond motifs is 1. The van der Waals surface area contributed by atoms with Crippen molar-refractivity contribution in [2.75, 3.05) is 5.32 Å². The maximum absolute atomic E-state index is 12.9. The zero-order chi connectivity index (χ0) is 18.8. The van der Waals surface area contributed by atoms with Gasteiger partial charge in [0.15, 0.2) is 0 Å².